The topological polar surface area (TPSA) is 127 Å². The lowest BCUT2D eigenvalue weighted by Crippen LogP contribution is -2.14. The highest BCUT2D eigenvalue weighted by atomic mass is 35.5. The van der Waals surface area contributed by atoms with Crippen molar-refractivity contribution in [2.24, 2.45) is 0 Å². The van der Waals surface area contributed by atoms with Gasteiger partial charge in [-0.1, -0.05) is 46.8 Å². The van der Waals surface area contributed by atoms with Crippen LogP contribution in [-0.2, 0) is 4.79 Å². The van der Waals surface area contributed by atoms with Crippen molar-refractivity contribution in [2.45, 2.75) is 18.2 Å². The first kappa shape index (κ1) is 22.7. The Hall–Kier alpha value is -3.02. The molecule has 0 aliphatic rings. The molecule has 0 aliphatic heterocycles. The molecule has 0 bridgehead atoms. The van der Waals surface area contributed by atoms with E-state index in [1.807, 2.05) is 32.0 Å². The summed E-state index contributed by atoms with van der Waals surface area (Å²) in [4.78, 5) is 35.1. The Bertz CT molecular complexity index is 1170. The number of aromatic nitrogens is 2. The lowest BCUT2D eigenvalue weighted by atomic mass is 10.1. The van der Waals surface area contributed by atoms with Crippen molar-refractivity contribution in [2.75, 3.05) is 16.4 Å². The average molecular weight is 478 g/mol. The number of rotatable bonds is 7. The molecule has 0 unspecified atom stereocenters. The van der Waals surface area contributed by atoms with Crippen LogP contribution in [0, 0.1) is 24.0 Å². The van der Waals surface area contributed by atoms with Crippen LogP contribution in [0.5, 0.6) is 0 Å². The molecule has 0 spiro atoms. The third-order valence-corrected chi connectivity index (χ3v) is 6.23. The monoisotopic (exact) mass is 477 g/mol. The van der Waals surface area contributed by atoms with Gasteiger partial charge in [0.2, 0.25) is 11.0 Å². The standard InChI is InChI=1S/C19H16ClN5O4S2/c1-10-3-4-11(2)14(7-10)21-16(26)9-30-19-24-23-18(31-19)22-17(27)13-8-12(20)5-6-15(13)25(28)29/h3-8H,9H2,1-2H3,(H,21,26)(H,22,23,27). The second kappa shape index (κ2) is 9.86. The lowest BCUT2D eigenvalue weighted by molar-refractivity contribution is -0.385. The maximum atomic E-state index is 12.4. The van der Waals surface area contributed by atoms with Gasteiger partial charge in [0, 0.05) is 16.8 Å². The number of anilines is 2. The number of carbonyl (C=O) groups is 2. The van der Waals surface area contributed by atoms with Gasteiger partial charge >= 0.3 is 0 Å². The summed E-state index contributed by atoms with van der Waals surface area (Å²) in [5.41, 5.74) is 2.19. The minimum Gasteiger partial charge on any atom is -0.325 e. The molecule has 3 rings (SSSR count). The second-order valence-electron chi connectivity index (χ2n) is 6.40. The van der Waals surface area contributed by atoms with E-state index in [0.717, 1.165) is 46.0 Å². The van der Waals surface area contributed by atoms with Crippen LogP contribution < -0.4 is 10.6 Å². The molecule has 2 N–H and O–H groups in total. The predicted octanol–water partition coefficient (Wildman–Crippen LogP) is 4.70. The summed E-state index contributed by atoms with van der Waals surface area (Å²) >= 11 is 8.07. The van der Waals surface area contributed by atoms with E-state index >= 15 is 0 Å². The Morgan fingerprint density at radius 1 is 1.16 bits per heavy atom. The van der Waals surface area contributed by atoms with Crippen LogP contribution in [-0.4, -0.2) is 32.7 Å². The SMILES string of the molecule is Cc1ccc(C)c(NC(=O)CSc2nnc(NC(=O)c3cc(Cl)ccc3[N+](=O)[O-])s2)c1. The van der Waals surface area contributed by atoms with Gasteiger partial charge in [-0.2, -0.15) is 0 Å². The largest absolute Gasteiger partial charge is 0.325 e. The van der Waals surface area contributed by atoms with Gasteiger partial charge in [-0.05, 0) is 43.2 Å². The fourth-order valence-electron chi connectivity index (χ4n) is 2.52. The molecule has 1 aromatic heterocycles. The Morgan fingerprint density at radius 3 is 2.68 bits per heavy atom. The number of carbonyl (C=O) groups excluding carboxylic acids is 2. The van der Waals surface area contributed by atoms with Crippen molar-refractivity contribution in [1.29, 1.82) is 0 Å². The number of halogens is 1. The highest BCUT2D eigenvalue weighted by Gasteiger charge is 2.22. The normalized spacial score (nSPS) is 10.5. The predicted molar refractivity (Wildman–Crippen MR) is 121 cm³/mol. The quantitative estimate of drug-likeness (QED) is 0.218. The molecule has 2 amide bonds. The van der Waals surface area contributed by atoms with Crippen LogP contribution in [0.1, 0.15) is 21.5 Å². The molecule has 0 saturated heterocycles. The molecule has 1 heterocycles. The molecule has 0 fully saturated rings. The molecule has 9 nitrogen and oxygen atoms in total. The van der Waals surface area contributed by atoms with Gasteiger partial charge in [-0.15, -0.1) is 10.2 Å². The van der Waals surface area contributed by atoms with Crippen molar-refractivity contribution in [3.05, 3.63) is 68.2 Å². The molecule has 0 aliphatic carbocycles. The minimum atomic E-state index is -0.727. The maximum absolute atomic E-state index is 12.4. The van der Waals surface area contributed by atoms with Crippen molar-refractivity contribution in [3.8, 4) is 0 Å². The molecule has 12 heteroatoms. The number of nitro benzene ring substituents is 1. The summed E-state index contributed by atoms with van der Waals surface area (Å²) in [6.07, 6.45) is 0. The van der Waals surface area contributed by atoms with E-state index in [4.69, 9.17) is 11.6 Å². The van der Waals surface area contributed by atoms with Crippen molar-refractivity contribution in [3.63, 3.8) is 0 Å². The Morgan fingerprint density at radius 2 is 1.94 bits per heavy atom. The molecular weight excluding hydrogens is 462 g/mol. The zero-order chi connectivity index (χ0) is 22.5. The van der Waals surface area contributed by atoms with E-state index in [1.54, 1.807) is 0 Å². The summed E-state index contributed by atoms with van der Waals surface area (Å²) in [7, 11) is 0. The van der Waals surface area contributed by atoms with Gasteiger partial charge in [0.25, 0.3) is 11.6 Å². The third-order valence-electron chi connectivity index (χ3n) is 4.02. The number of amides is 2. The molecule has 0 atom stereocenters. The van der Waals surface area contributed by atoms with Crippen LogP contribution in [0.4, 0.5) is 16.5 Å². The number of nitrogens with one attached hydrogen (secondary N) is 2. The Balaban J connectivity index is 1.60. The molecule has 0 saturated carbocycles. The number of benzene rings is 2. The van der Waals surface area contributed by atoms with Crippen molar-refractivity contribution < 1.29 is 14.5 Å². The van der Waals surface area contributed by atoms with Crippen LogP contribution in [0.2, 0.25) is 5.02 Å². The summed E-state index contributed by atoms with van der Waals surface area (Å²) in [5.74, 6) is -0.820. The highest BCUT2D eigenvalue weighted by molar-refractivity contribution is 8.01. The number of hydrogen-bond acceptors (Lipinski definition) is 8. The Kier molecular flexibility index (Phi) is 7.21. The van der Waals surface area contributed by atoms with Crippen LogP contribution in [0.3, 0.4) is 0 Å². The average Bonchev–Trinajstić information content (AvgIpc) is 3.16. The summed E-state index contributed by atoms with van der Waals surface area (Å²) in [6, 6.07) is 9.50. The first-order chi connectivity index (χ1) is 14.7. The fourth-order valence-corrected chi connectivity index (χ4v) is 4.24. The summed E-state index contributed by atoms with van der Waals surface area (Å²) in [6.45, 7) is 3.85. The van der Waals surface area contributed by atoms with Gasteiger partial charge in [0.15, 0.2) is 4.34 Å². The summed E-state index contributed by atoms with van der Waals surface area (Å²) < 4.78 is 0.465. The van der Waals surface area contributed by atoms with E-state index < -0.39 is 10.8 Å². The molecule has 31 heavy (non-hydrogen) atoms. The fraction of sp³-hybridized carbons (Fsp3) is 0.158. The van der Waals surface area contributed by atoms with Crippen LogP contribution in [0.15, 0.2) is 40.7 Å². The number of aryl methyl sites for hydroxylation is 2. The minimum absolute atomic E-state index is 0.107. The molecular formula is C19H16ClN5O4S2. The first-order valence-electron chi connectivity index (χ1n) is 8.81. The summed E-state index contributed by atoms with van der Waals surface area (Å²) in [5, 5.41) is 24.6. The van der Waals surface area contributed by atoms with Gasteiger partial charge in [0.05, 0.1) is 10.7 Å². The van der Waals surface area contributed by atoms with Gasteiger partial charge in [0.1, 0.15) is 5.56 Å². The van der Waals surface area contributed by atoms with Gasteiger partial charge in [-0.3, -0.25) is 25.0 Å². The van der Waals surface area contributed by atoms with Gasteiger partial charge in [-0.25, -0.2) is 0 Å². The number of nitro groups is 1. The van der Waals surface area contributed by atoms with E-state index in [2.05, 4.69) is 20.8 Å². The Labute approximate surface area is 190 Å². The number of nitrogens with zero attached hydrogens (tertiary/aromatic N) is 3. The number of thioether (sulfide) groups is 1. The van der Waals surface area contributed by atoms with E-state index in [1.165, 1.54) is 12.1 Å². The molecule has 3 aromatic rings. The second-order valence-corrected chi connectivity index (χ2v) is 9.04. The van der Waals surface area contributed by atoms with Crippen molar-refractivity contribution in [1.82, 2.24) is 10.2 Å². The zero-order valence-electron chi connectivity index (χ0n) is 16.3. The third kappa shape index (κ3) is 6.00. The first-order valence-corrected chi connectivity index (χ1v) is 11.0. The van der Waals surface area contributed by atoms with Crippen LogP contribution >= 0.6 is 34.7 Å². The zero-order valence-corrected chi connectivity index (χ0v) is 18.7. The maximum Gasteiger partial charge on any atom is 0.282 e. The van der Waals surface area contributed by atoms with Crippen LogP contribution in [0.25, 0.3) is 0 Å². The van der Waals surface area contributed by atoms with E-state index in [-0.39, 0.29) is 33.1 Å². The molecule has 2 aromatic carbocycles. The highest BCUT2D eigenvalue weighted by Crippen LogP contribution is 2.28. The smallest absolute Gasteiger partial charge is 0.282 e. The van der Waals surface area contributed by atoms with Gasteiger partial charge < -0.3 is 5.32 Å². The van der Waals surface area contributed by atoms with E-state index in [9.17, 15) is 19.7 Å². The van der Waals surface area contributed by atoms with Crippen molar-refractivity contribution >= 4 is 63.0 Å². The number of hydrogen-bond donors (Lipinski definition) is 2. The van der Waals surface area contributed by atoms with E-state index in [0.29, 0.717) is 4.34 Å². The molecule has 160 valence electrons. The molecule has 0 radical (unpaired) electrons. The lowest BCUT2D eigenvalue weighted by Gasteiger charge is -2.08.